The second kappa shape index (κ2) is 7.13. The third-order valence-corrected chi connectivity index (χ3v) is 5.80. The number of hydrogen-bond acceptors (Lipinski definition) is 1. The molecule has 0 N–H and O–H groups in total. The highest BCUT2D eigenvalue weighted by molar-refractivity contribution is 5.41. The van der Waals surface area contributed by atoms with Gasteiger partial charge in [-0.25, -0.2) is 0 Å². The topological polar surface area (TPSA) is 8.17 Å². The molecule has 134 valence electrons. The molecule has 1 aliphatic heterocycles. The Morgan fingerprint density at radius 2 is 1.54 bits per heavy atom. The Labute approximate surface area is 157 Å². The molecule has 1 aliphatic rings. The van der Waals surface area contributed by atoms with Crippen molar-refractivity contribution in [2.45, 2.75) is 46.3 Å². The number of rotatable bonds is 3. The Kier molecular flexibility index (Phi) is 4.69. The molecule has 3 aromatic rings. The average molecular weight is 345 g/mol. The van der Waals surface area contributed by atoms with Crippen LogP contribution in [0.4, 0.5) is 0 Å². The summed E-state index contributed by atoms with van der Waals surface area (Å²) in [5, 5.41) is 0. The molecule has 0 fully saturated rings. The van der Waals surface area contributed by atoms with Crippen molar-refractivity contribution < 1.29 is 0 Å². The van der Waals surface area contributed by atoms with E-state index in [1.165, 1.54) is 39.9 Å². The Bertz CT molecular complexity index is 886. The van der Waals surface area contributed by atoms with Gasteiger partial charge in [-0.2, -0.15) is 0 Å². The second-order valence-electron chi connectivity index (χ2n) is 7.58. The molecule has 26 heavy (non-hydrogen) atoms. The van der Waals surface area contributed by atoms with Crippen LogP contribution in [0.5, 0.6) is 0 Å². The monoisotopic (exact) mass is 344 g/mol. The molecule has 2 heterocycles. The van der Waals surface area contributed by atoms with Gasteiger partial charge in [-0.05, 0) is 67.1 Å². The molecular formula is C24H28N2. The standard InChI is InChI=1S/C24H28N2/c1-18-9-4-5-12-21(18)17-26-16-8-15-25-14-7-13-22(25)24(26)23-19(2)10-6-11-20(23)3/h4-7,9-14,24H,8,15-17H2,1-3H3. The Morgan fingerprint density at radius 3 is 2.31 bits per heavy atom. The van der Waals surface area contributed by atoms with Gasteiger partial charge in [-0.1, -0.05) is 42.5 Å². The maximum Gasteiger partial charge on any atom is 0.0764 e. The summed E-state index contributed by atoms with van der Waals surface area (Å²) in [5.74, 6) is 0. The molecule has 0 saturated heterocycles. The van der Waals surface area contributed by atoms with Gasteiger partial charge in [0.2, 0.25) is 0 Å². The largest absolute Gasteiger partial charge is 0.350 e. The second-order valence-corrected chi connectivity index (χ2v) is 7.58. The molecular weight excluding hydrogens is 316 g/mol. The SMILES string of the molecule is Cc1ccccc1CN1CCCn2cccc2C1c1c(C)cccc1C. The molecule has 4 rings (SSSR count). The van der Waals surface area contributed by atoms with Gasteiger partial charge in [0.15, 0.2) is 0 Å². The predicted molar refractivity (Wildman–Crippen MR) is 108 cm³/mol. The lowest BCUT2D eigenvalue weighted by atomic mass is 9.92. The summed E-state index contributed by atoms with van der Waals surface area (Å²) in [6.45, 7) is 9.96. The van der Waals surface area contributed by atoms with Crippen LogP contribution in [0.3, 0.4) is 0 Å². The third kappa shape index (κ3) is 3.10. The molecule has 2 heteroatoms. The van der Waals surface area contributed by atoms with E-state index < -0.39 is 0 Å². The van der Waals surface area contributed by atoms with E-state index in [1.807, 2.05) is 0 Å². The van der Waals surface area contributed by atoms with Crippen molar-refractivity contribution in [1.29, 1.82) is 0 Å². The first-order chi connectivity index (χ1) is 12.6. The fraction of sp³-hybridized carbons (Fsp3) is 0.333. The van der Waals surface area contributed by atoms with Crippen LogP contribution < -0.4 is 0 Å². The van der Waals surface area contributed by atoms with Gasteiger partial charge in [-0.3, -0.25) is 4.90 Å². The molecule has 0 amide bonds. The quantitative estimate of drug-likeness (QED) is 0.617. The number of aryl methyl sites for hydroxylation is 4. The minimum atomic E-state index is 0.313. The molecule has 1 unspecified atom stereocenters. The molecule has 1 aromatic heterocycles. The Balaban J connectivity index is 1.82. The molecule has 1 atom stereocenters. The summed E-state index contributed by atoms with van der Waals surface area (Å²) >= 11 is 0. The fourth-order valence-corrected chi connectivity index (χ4v) is 4.41. The first-order valence-corrected chi connectivity index (χ1v) is 9.65. The number of benzene rings is 2. The van der Waals surface area contributed by atoms with E-state index >= 15 is 0 Å². The Morgan fingerprint density at radius 1 is 0.808 bits per heavy atom. The molecule has 0 saturated carbocycles. The lowest BCUT2D eigenvalue weighted by Crippen LogP contribution is -2.30. The number of aromatic nitrogens is 1. The summed E-state index contributed by atoms with van der Waals surface area (Å²) in [7, 11) is 0. The van der Waals surface area contributed by atoms with Gasteiger partial charge < -0.3 is 4.57 Å². The van der Waals surface area contributed by atoms with Crippen LogP contribution in [0.1, 0.15) is 46.0 Å². The van der Waals surface area contributed by atoms with E-state index in [4.69, 9.17) is 0 Å². The van der Waals surface area contributed by atoms with Crippen molar-refractivity contribution in [2.24, 2.45) is 0 Å². The van der Waals surface area contributed by atoms with Crippen molar-refractivity contribution in [3.63, 3.8) is 0 Å². The normalized spacial score (nSPS) is 17.7. The van der Waals surface area contributed by atoms with E-state index in [2.05, 4.69) is 91.0 Å². The number of fused-ring (bicyclic) bond motifs is 1. The molecule has 0 bridgehead atoms. The summed E-state index contributed by atoms with van der Waals surface area (Å²) < 4.78 is 2.45. The van der Waals surface area contributed by atoms with Crippen molar-refractivity contribution >= 4 is 0 Å². The van der Waals surface area contributed by atoms with Crippen LogP contribution in [0.15, 0.2) is 60.8 Å². The number of nitrogens with zero attached hydrogens (tertiary/aromatic N) is 2. The minimum absolute atomic E-state index is 0.313. The zero-order valence-corrected chi connectivity index (χ0v) is 16.1. The summed E-state index contributed by atoms with van der Waals surface area (Å²) in [6, 6.07) is 20.3. The van der Waals surface area contributed by atoms with Crippen molar-refractivity contribution in [1.82, 2.24) is 9.47 Å². The summed E-state index contributed by atoms with van der Waals surface area (Å²) in [6.07, 6.45) is 3.43. The first-order valence-electron chi connectivity index (χ1n) is 9.65. The van der Waals surface area contributed by atoms with Crippen LogP contribution in [0.2, 0.25) is 0 Å². The highest BCUT2D eigenvalue weighted by Gasteiger charge is 2.29. The minimum Gasteiger partial charge on any atom is -0.350 e. The van der Waals surface area contributed by atoms with Crippen molar-refractivity contribution in [2.75, 3.05) is 6.54 Å². The molecule has 0 aliphatic carbocycles. The smallest absolute Gasteiger partial charge is 0.0764 e. The molecule has 0 spiro atoms. The molecule has 2 aromatic carbocycles. The van der Waals surface area contributed by atoms with E-state index in [1.54, 1.807) is 0 Å². The predicted octanol–water partition coefficient (Wildman–Crippen LogP) is 5.41. The van der Waals surface area contributed by atoms with Crippen molar-refractivity contribution in [3.8, 4) is 0 Å². The zero-order valence-electron chi connectivity index (χ0n) is 16.1. The Hall–Kier alpha value is -2.32. The van der Waals surface area contributed by atoms with Gasteiger partial charge in [0.1, 0.15) is 0 Å². The van der Waals surface area contributed by atoms with Gasteiger partial charge in [0.25, 0.3) is 0 Å². The highest BCUT2D eigenvalue weighted by atomic mass is 15.2. The van der Waals surface area contributed by atoms with Crippen molar-refractivity contribution in [3.05, 3.63) is 94.3 Å². The average Bonchev–Trinajstić information content (AvgIpc) is 3.01. The van der Waals surface area contributed by atoms with Gasteiger partial charge in [0.05, 0.1) is 6.04 Å². The van der Waals surface area contributed by atoms with Gasteiger partial charge in [0, 0.05) is 31.5 Å². The van der Waals surface area contributed by atoms with Crippen LogP contribution in [-0.4, -0.2) is 16.0 Å². The van der Waals surface area contributed by atoms with Crippen LogP contribution in [0, 0.1) is 20.8 Å². The lowest BCUT2D eigenvalue weighted by molar-refractivity contribution is 0.219. The first kappa shape index (κ1) is 17.1. The van der Waals surface area contributed by atoms with Crippen LogP contribution in [0.25, 0.3) is 0 Å². The van der Waals surface area contributed by atoms with Gasteiger partial charge >= 0.3 is 0 Å². The highest BCUT2D eigenvalue weighted by Crippen LogP contribution is 2.36. The third-order valence-electron chi connectivity index (χ3n) is 5.80. The van der Waals surface area contributed by atoms with Crippen LogP contribution in [-0.2, 0) is 13.1 Å². The zero-order chi connectivity index (χ0) is 18.1. The fourth-order valence-electron chi connectivity index (χ4n) is 4.41. The lowest BCUT2D eigenvalue weighted by Gasteiger charge is -2.33. The summed E-state index contributed by atoms with van der Waals surface area (Å²) in [4.78, 5) is 2.68. The van der Waals surface area contributed by atoms with E-state index in [-0.39, 0.29) is 0 Å². The maximum atomic E-state index is 2.68. The van der Waals surface area contributed by atoms with E-state index in [9.17, 15) is 0 Å². The summed E-state index contributed by atoms with van der Waals surface area (Å²) in [5.41, 5.74) is 8.49. The van der Waals surface area contributed by atoms with Crippen LogP contribution >= 0.6 is 0 Å². The molecule has 0 radical (unpaired) electrons. The van der Waals surface area contributed by atoms with E-state index in [0.29, 0.717) is 6.04 Å². The van der Waals surface area contributed by atoms with Gasteiger partial charge in [-0.15, -0.1) is 0 Å². The maximum absolute atomic E-state index is 2.68. The molecule has 2 nitrogen and oxygen atoms in total. The van der Waals surface area contributed by atoms with E-state index in [0.717, 1.165) is 19.6 Å². The number of hydrogen-bond donors (Lipinski definition) is 0.